The molecule has 1 aliphatic heterocycles. The fraction of sp³-hybridized carbons (Fsp3) is 0.214. The minimum atomic E-state index is -4.73. The van der Waals surface area contributed by atoms with Crippen molar-refractivity contribution in [1.29, 1.82) is 0 Å². The van der Waals surface area contributed by atoms with Gasteiger partial charge in [0.2, 0.25) is 0 Å². The van der Waals surface area contributed by atoms with E-state index in [0.717, 1.165) is 22.5 Å². The molecular formula is C28H24ClF4NO4S. The largest absolute Gasteiger partial charge is 0.513 e. The molecule has 0 saturated carbocycles. The summed E-state index contributed by atoms with van der Waals surface area (Å²) in [7, 11) is -4.48. The average Bonchev–Trinajstić information content (AvgIpc) is 2.88. The predicted octanol–water partition coefficient (Wildman–Crippen LogP) is 7.87. The minimum Gasteiger partial charge on any atom is -0.513 e. The smallest absolute Gasteiger partial charge is 0.416 e. The highest BCUT2D eigenvalue weighted by Crippen LogP contribution is 2.41. The second kappa shape index (κ2) is 10.9. The Morgan fingerprint density at radius 3 is 2.56 bits per heavy atom. The van der Waals surface area contributed by atoms with E-state index < -0.39 is 38.6 Å². The number of alkyl halides is 3. The molecule has 0 radical (unpaired) electrons. The molecule has 0 fully saturated rings. The first kappa shape index (κ1) is 28.5. The van der Waals surface area contributed by atoms with E-state index >= 15 is 0 Å². The third-order valence-electron chi connectivity index (χ3n) is 6.21. The maximum Gasteiger partial charge on any atom is 0.416 e. The second-order valence-corrected chi connectivity index (χ2v) is 11.3. The Labute approximate surface area is 228 Å². The van der Waals surface area contributed by atoms with Crippen LogP contribution in [0.4, 0.5) is 23.2 Å². The SMILES string of the molecule is C=C(O)CC[C@H]1CN(S(=O)(=O)c2cccc(C(F)(F)F)c2)c2cc(/C(C)=C/c3c(F)cccc3Cl)ccc2O1. The highest BCUT2D eigenvalue weighted by Gasteiger charge is 2.37. The Morgan fingerprint density at radius 1 is 1.18 bits per heavy atom. The standard InChI is InChI=1S/C28H24ClF4NO4S/c1-17(13-23-24(29)7-4-8-25(23)30)19-10-12-27-26(14-19)34(16-21(38-27)11-9-18(2)35)39(36,37)22-6-3-5-20(15-22)28(31,32)33/h3-8,10,12-15,21,35H,2,9,11,16H2,1H3/b17-13+/t21-/m0/s1. The molecule has 0 bridgehead atoms. The normalized spacial score (nSPS) is 16.0. The molecule has 0 amide bonds. The molecule has 206 valence electrons. The van der Waals surface area contributed by atoms with E-state index in [-0.39, 0.29) is 47.2 Å². The number of sulfonamides is 1. The molecule has 4 rings (SSSR count). The molecule has 0 aliphatic carbocycles. The van der Waals surface area contributed by atoms with Gasteiger partial charge in [0.1, 0.15) is 17.7 Å². The third-order valence-corrected chi connectivity index (χ3v) is 8.32. The highest BCUT2D eigenvalue weighted by molar-refractivity contribution is 7.92. The topological polar surface area (TPSA) is 66.8 Å². The number of allylic oxidation sites excluding steroid dienone is 2. The van der Waals surface area contributed by atoms with Gasteiger partial charge in [-0.2, -0.15) is 13.2 Å². The quantitative estimate of drug-likeness (QED) is 0.175. The monoisotopic (exact) mass is 581 g/mol. The Balaban J connectivity index is 1.81. The molecule has 0 aromatic heterocycles. The molecule has 11 heteroatoms. The van der Waals surface area contributed by atoms with Crippen molar-refractivity contribution in [3.05, 3.63) is 101 Å². The number of halogens is 5. The summed E-state index contributed by atoms with van der Waals surface area (Å²) in [5.41, 5.74) is 0.238. The lowest BCUT2D eigenvalue weighted by atomic mass is 10.0. The van der Waals surface area contributed by atoms with Crippen molar-refractivity contribution < 1.29 is 35.8 Å². The van der Waals surface area contributed by atoms with Gasteiger partial charge in [0.05, 0.1) is 33.5 Å². The number of aliphatic hydroxyl groups is 1. The van der Waals surface area contributed by atoms with Gasteiger partial charge >= 0.3 is 6.18 Å². The maximum atomic E-state index is 14.4. The number of hydrogen-bond acceptors (Lipinski definition) is 4. The molecule has 3 aromatic rings. The average molecular weight is 582 g/mol. The van der Waals surface area contributed by atoms with Crippen molar-refractivity contribution in [2.75, 3.05) is 10.8 Å². The Kier molecular flexibility index (Phi) is 7.99. The van der Waals surface area contributed by atoms with Crippen molar-refractivity contribution >= 4 is 39.0 Å². The van der Waals surface area contributed by atoms with Crippen LogP contribution >= 0.6 is 11.6 Å². The van der Waals surface area contributed by atoms with Crippen LogP contribution in [0.15, 0.2) is 77.9 Å². The number of nitrogens with zero attached hydrogens (tertiary/aromatic N) is 1. The summed E-state index contributed by atoms with van der Waals surface area (Å²) < 4.78 is 88.8. The first-order valence-electron chi connectivity index (χ1n) is 11.8. The molecular weight excluding hydrogens is 558 g/mol. The second-order valence-electron chi connectivity index (χ2n) is 9.05. The van der Waals surface area contributed by atoms with Crippen LogP contribution in [0.3, 0.4) is 0 Å². The highest BCUT2D eigenvalue weighted by atomic mass is 35.5. The molecule has 1 heterocycles. The number of rotatable bonds is 7. The predicted molar refractivity (Wildman–Crippen MR) is 143 cm³/mol. The molecule has 0 spiro atoms. The number of ether oxygens (including phenoxy) is 1. The van der Waals surface area contributed by atoms with Gasteiger partial charge in [-0.15, -0.1) is 0 Å². The Morgan fingerprint density at radius 2 is 1.90 bits per heavy atom. The lowest BCUT2D eigenvalue weighted by Gasteiger charge is -2.36. The summed E-state index contributed by atoms with van der Waals surface area (Å²) >= 11 is 6.14. The Hall–Kier alpha value is -3.50. The summed E-state index contributed by atoms with van der Waals surface area (Å²) in [5.74, 6) is -0.462. The van der Waals surface area contributed by atoms with Crippen LogP contribution in [-0.4, -0.2) is 26.2 Å². The molecule has 39 heavy (non-hydrogen) atoms. The van der Waals surface area contributed by atoms with E-state index in [4.69, 9.17) is 16.3 Å². The van der Waals surface area contributed by atoms with Crippen molar-refractivity contribution in [2.45, 2.75) is 36.9 Å². The molecule has 5 nitrogen and oxygen atoms in total. The number of anilines is 1. The fourth-order valence-electron chi connectivity index (χ4n) is 4.17. The summed E-state index contributed by atoms with van der Waals surface area (Å²) in [4.78, 5) is -0.536. The zero-order chi connectivity index (χ0) is 28.5. The van der Waals surface area contributed by atoms with Gasteiger partial charge in [0.25, 0.3) is 10.0 Å². The van der Waals surface area contributed by atoms with Crippen molar-refractivity contribution in [3.8, 4) is 5.75 Å². The summed E-state index contributed by atoms with van der Waals surface area (Å²) in [5, 5.41) is 9.71. The molecule has 0 unspecified atom stereocenters. The zero-order valence-electron chi connectivity index (χ0n) is 20.7. The lowest BCUT2D eigenvalue weighted by molar-refractivity contribution is -0.137. The summed E-state index contributed by atoms with van der Waals surface area (Å²) in [6.45, 7) is 4.90. The van der Waals surface area contributed by atoms with Gasteiger partial charge in [-0.05, 0) is 73.0 Å². The number of aliphatic hydroxyl groups excluding tert-OH is 1. The maximum absolute atomic E-state index is 14.4. The molecule has 1 aliphatic rings. The van der Waals surface area contributed by atoms with E-state index in [1.807, 2.05) is 0 Å². The van der Waals surface area contributed by atoms with Crippen molar-refractivity contribution in [2.24, 2.45) is 0 Å². The Bertz CT molecular complexity index is 1530. The van der Waals surface area contributed by atoms with E-state index in [0.29, 0.717) is 17.2 Å². The van der Waals surface area contributed by atoms with Crippen LogP contribution in [0.1, 0.15) is 36.5 Å². The number of hydrogen-bond donors (Lipinski definition) is 1. The van der Waals surface area contributed by atoms with Crippen LogP contribution in [0.2, 0.25) is 5.02 Å². The van der Waals surface area contributed by atoms with Gasteiger partial charge in [-0.25, -0.2) is 12.8 Å². The van der Waals surface area contributed by atoms with E-state index in [1.165, 1.54) is 30.3 Å². The van der Waals surface area contributed by atoms with E-state index in [2.05, 4.69) is 6.58 Å². The number of fused-ring (bicyclic) bond motifs is 1. The first-order valence-corrected chi connectivity index (χ1v) is 13.6. The van der Waals surface area contributed by atoms with Gasteiger partial charge in [-0.3, -0.25) is 4.31 Å². The number of benzene rings is 3. The van der Waals surface area contributed by atoms with Gasteiger partial charge in [0, 0.05) is 12.0 Å². The van der Waals surface area contributed by atoms with Gasteiger partial charge in [-0.1, -0.05) is 36.4 Å². The van der Waals surface area contributed by atoms with Gasteiger partial charge < -0.3 is 9.84 Å². The third kappa shape index (κ3) is 6.23. The van der Waals surface area contributed by atoms with Crippen LogP contribution in [-0.2, 0) is 16.2 Å². The van der Waals surface area contributed by atoms with Crippen LogP contribution < -0.4 is 9.04 Å². The van der Waals surface area contributed by atoms with Crippen molar-refractivity contribution in [1.82, 2.24) is 0 Å². The zero-order valence-corrected chi connectivity index (χ0v) is 22.2. The molecule has 0 saturated heterocycles. The van der Waals surface area contributed by atoms with Crippen LogP contribution in [0.25, 0.3) is 11.6 Å². The minimum absolute atomic E-state index is 0.108. The first-order chi connectivity index (χ1) is 18.3. The van der Waals surface area contributed by atoms with E-state index in [9.17, 15) is 31.1 Å². The van der Waals surface area contributed by atoms with Gasteiger partial charge in [0.15, 0.2) is 0 Å². The van der Waals surface area contributed by atoms with Crippen LogP contribution in [0, 0.1) is 5.82 Å². The summed E-state index contributed by atoms with van der Waals surface area (Å²) in [6, 6.07) is 12.5. The van der Waals surface area contributed by atoms with Crippen LogP contribution in [0.5, 0.6) is 5.75 Å². The fourth-order valence-corrected chi connectivity index (χ4v) is 5.93. The molecule has 1 N–H and O–H groups in total. The molecule has 1 atom stereocenters. The van der Waals surface area contributed by atoms with E-state index in [1.54, 1.807) is 19.1 Å². The summed E-state index contributed by atoms with van der Waals surface area (Å²) in [6.07, 6.45) is -3.57. The lowest BCUT2D eigenvalue weighted by Crippen LogP contribution is -2.43. The van der Waals surface area contributed by atoms with Crippen molar-refractivity contribution in [3.63, 3.8) is 0 Å². The molecule has 3 aromatic carbocycles.